The van der Waals surface area contributed by atoms with Crippen LogP contribution in [0.15, 0.2) is 24.3 Å². The average Bonchev–Trinajstić information content (AvgIpc) is 2.98. The fraction of sp³-hybridized carbons (Fsp3) is 0.562. The molecular formula is C16H25N5O. The van der Waals surface area contributed by atoms with Gasteiger partial charge in [0.15, 0.2) is 5.82 Å². The summed E-state index contributed by atoms with van der Waals surface area (Å²) in [6.07, 6.45) is 3.18. The Bertz CT molecular complexity index is 569. The number of hydrogen-bond acceptors (Lipinski definition) is 5. The van der Waals surface area contributed by atoms with Gasteiger partial charge in [0, 0.05) is 13.1 Å². The number of para-hydroxylation sites is 1. The first-order chi connectivity index (χ1) is 10.7. The van der Waals surface area contributed by atoms with Crippen molar-refractivity contribution in [1.82, 2.24) is 25.1 Å². The Morgan fingerprint density at radius 2 is 2.09 bits per heavy atom. The van der Waals surface area contributed by atoms with E-state index in [9.17, 15) is 0 Å². The van der Waals surface area contributed by atoms with Crippen LogP contribution in [0.2, 0.25) is 0 Å². The zero-order valence-electron chi connectivity index (χ0n) is 13.7. The zero-order chi connectivity index (χ0) is 15.8. The minimum atomic E-state index is 0.756. The number of hydrogen-bond donors (Lipinski definition) is 0. The van der Waals surface area contributed by atoms with E-state index in [0.717, 1.165) is 50.5 Å². The van der Waals surface area contributed by atoms with Crippen LogP contribution in [-0.2, 0) is 19.5 Å². The maximum Gasteiger partial charge on any atom is 0.165 e. The summed E-state index contributed by atoms with van der Waals surface area (Å²) in [5.74, 6) is 1.87. The molecule has 1 aromatic carbocycles. The Morgan fingerprint density at radius 1 is 1.27 bits per heavy atom. The van der Waals surface area contributed by atoms with E-state index in [-0.39, 0.29) is 0 Å². The maximum atomic E-state index is 5.39. The molecule has 1 heterocycles. The van der Waals surface area contributed by atoms with E-state index < -0.39 is 0 Å². The number of rotatable bonds is 9. The second kappa shape index (κ2) is 8.48. The maximum absolute atomic E-state index is 5.39. The van der Waals surface area contributed by atoms with Gasteiger partial charge in [-0.25, -0.2) is 4.68 Å². The molecule has 0 unspecified atom stereocenters. The van der Waals surface area contributed by atoms with Crippen LogP contribution in [0.1, 0.15) is 31.2 Å². The highest BCUT2D eigenvalue weighted by atomic mass is 16.5. The van der Waals surface area contributed by atoms with Gasteiger partial charge in [0.05, 0.1) is 13.7 Å². The van der Waals surface area contributed by atoms with E-state index in [0.29, 0.717) is 0 Å². The minimum Gasteiger partial charge on any atom is -0.496 e. The fourth-order valence-corrected chi connectivity index (χ4v) is 2.36. The van der Waals surface area contributed by atoms with E-state index in [1.165, 1.54) is 5.56 Å². The van der Waals surface area contributed by atoms with Crippen LogP contribution >= 0.6 is 0 Å². The number of tetrazole rings is 1. The third kappa shape index (κ3) is 4.53. The Hall–Kier alpha value is -1.95. The quantitative estimate of drug-likeness (QED) is 0.710. The molecule has 0 aliphatic carbocycles. The van der Waals surface area contributed by atoms with Gasteiger partial charge in [0.2, 0.25) is 0 Å². The number of unbranched alkanes of at least 4 members (excludes halogenated alkanes) is 1. The van der Waals surface area contributed by atoms with E-state index in [4.69, 9.17) is 4.74 Å². The van der Waals surface area contributed by atoms with Gasteiger partial charge in [0.1, 0.15) is 5.75 Å². The number of ether oxygens (including phenoxy) is 1. The third-order valence-electron chi connectivity index (χ3n) is 3.70. The van der Waals surface area contributed by atoms with E-state index in [2.05, 4.69) is 40.5 Å². The van der Waals surface area contributed by atoms with Gasteiger partial charge in [-0.3, -0.25) is 4.90 Å². The van der Waals surface area contributed by atoms with Gasteiger partial charge in [-0.15, -0.1) is 5.10 Å². The first kappa shape index (κ1) is 16.4. The van der Waals surface area contributed by atoms with Crippen molar-refractivity contribution in [2.45, 2.75) is 39.3 Å². The summed E-state index contributed by atoms with van der Waals surface area (Å²) in [6.45, 7) is 4.75. The van der Waals surface area contributed by atoms with Gasteiger partial charge in [-0.05, 0) is 41.9 Å². The topological polar surface area (TPSA) is 56.1 Å². The van der Waals surface area contributed by atoms with E-state index >= 15 is 0 Å². The molecule has 0 aliphatic rings. The Kier molecular flexibility index (Phi) is 6.33. The largest absolute Gasteiger partial charge is 0.496 e. The molecule has 0 saturated carbocycles. The number of benzene rings is 1. The third-order valence-corrected chi connectivity index (χ3v) is 3.70. The standard InChI is InChI=1S/C16H25N5O/c1-4-5-11-21-16(17-18-19-21)13-20(2)12-10-14-8-6-7-9-15(14)22-3/h6-9H,4-5,10-13H2,1-3H3. The fourth-order valence-electron chi connectivity index (χ4n) is 2.36. The van der Waals surface area contributed by atoms with Crippen molar-refractivity contribution in [3.05, 3.63) is 35.7 Å². The molecule has 2 rings (SSSR count). The first-order valence-corrected chi connectivity index (χ1v) is 7.80. The highest BCUT2D eigenvalue weighted by molar-refractivity contribution is 5.33. The molecule has 2 aromatic rings. The van der Waals surface area contributed by atoms with Crippen LogP contribution in [0.5, 0.6) is 5.75 Å². The molecule has 0 amide bonds. The summed E-state index contributed by atoms with van der Waals surface area (Å²) in [5, 5.41) is 12.0. The Morgan fingerprint density at radius 3 is 2.86 bits per heavy atom. The molecule has 0 aliphatic heterocycles. The summed E-state index contributed by atoms with van der Waals surface area (Å²) in [5.41, 5.74) is 1.22. The molecular weight excluding hydrogens is 278 g/mol. The summed E-state index contributed by atoms with van der Waals surface area (Å²) in [6, 6.07) is 8.15. The lowest BCUT2D eigenvalue weighted by atomic mass is 10.1. The second-order valence-electron chi connectivity index (χ2n) is 5.47. The van der Waals surface area contributed by atoms with Crippen LogP contribution in [0, 0.1) is 0 Å². The normalized spacial score (nSPS) is 11.1. The first-order valence-electron chi connectivity index (χ1n) is 7.80. The number of aromatic nitrogens is 4. The van der Waals surface area contributed by atoms with Crippen molar-refractivity contribution in [3.63, 3.8) is 0 Å². The van der Waals surface area contributed by atoms with Gasteiger partial charge < -0.3 is 4.74 Å². The number of aryl methyl sites for hydroxylation is 1. The van der Waals surface area contributed by atoms with Crippen LogP contribution < -0.4 is 4.74 Å². The van der Waals surface area contributed by atoms with E-state index in [1.54, 1.807) is 7.11 Å². The molecule has 22 heavy (non-hydrogen) atoms. The predicted molar refractivity (Wildman–Crippen MR) is 85.8 cm³/mol. The molecule has 6 nitrogen and oxygen atoms in total. The Balaban J connectivity index is 1.88. The number of methoxy groups -OCH3 is 1. The molecule has 0 atom stereocenters. The molecule has 0 fully saturated rings. The molecule has 0 saturated heterocycles. The second-order valence-corrected chi connectivity index (χ2v) is 5.47. The van der Waals surface area contributed by atoms with Gasteiger partial charge in [-0.1, -0.05) is 31.5 Å². The average molecular weight is 303 g/mol. The number of likely N-dealkylation sites (N-methyl/N-ethyl adjacent to an activating group) is 1. The van der Waals surface area contributed by atoms with Gasteiger partial charge in [-0.2, -0.15) is 0 Å². The summed E-state index contributed by atoms with van der Waals surface area (Å²) in [4.78, 5) is 2.24. The SMILES string of the molecule is CCCCn1nnnc1CN(C)CCc1ccccc1OC. The van der Waals surface area contributed by atoms with Crippen LogP contribution in [-0.4, -0.2) is 45.8 Å². The Labute approximate surface area is 132 Å². The summed E-state index contributed by atoms with van der Waals surface area (Å²) < 4.78 is 7.30. The lowest BCUT2D eigenvalue weighted by molar-refractivity contribution is 0.310. The van der Waals surface area contributed by atoms with Crippen molar-refractivity contribution in [2.75, 3.05) is 20.7 Å². The lowest BCUT2D eigenvalue weighted by Gasteiger charge is -2.17. The van der Waals surface area contributed by atoms with Crippen LogP contribution in [0.4, 0.5) is 0 Å². The molecule has 0 bridgehead atoms. The molecule has 120 valence electrons. The smallest absolute Gasteiger partial charge is 0.165 e. The van der Waals surface area contributed by atoms with Crippen molar-refractivity contribution >= 4 is 0 Å². The number of nitrogens with zero attached hydrogens (tertiary/aromatic N) is 5. The molecule has 1 aromatic heterocycles. The van der Waals surface area contributed by atoms with Gasteiger partial charge in [0.25, 0.3) is 0 Å². The van der Waals surface area contributed by atoms with Crippen molar-refractivity contribution in [3.8, 4) is 5.75 Å². The predicted octanol–water partition coefficient (Wildman–Crippen LogP) is 2.16. The highest BCUT2D eigenvalue weighted by Gasteiger charge is 2.10. The summed E-state index contributed by atoms with van der Waals surface area (Å²) in [7, 11) is 3.80. The molecule has 0 spiro atoms. The van der Waals surface area contributed by atoms with Crippen molar-refractivity contribution in [1.29, 1.82) is 0 Å². The lowest BCUT2D eigenvalue weighted by Crippen LogP contribution is -2.23. The van der Waals surface area contributed by atoms with Crippen LogP contribution in [0.3, 0.4) is 0 Å². The minimum absolute atomic E-state index is 0.756. The van der Waals surface area contributed by atoms with Crippen molar-refractivity contribution in [2.24, 2.45) is 0 Å². The molecule has 0 N–H and O–H groups in total. The van der Waals surface area contributed by atoms with Crippen LogP contribution in [0.25, 0.3) is 0 Å². The zero-order valence-corrected chi connectivity index (χ0v) is 13.7. The van der Waals surface area contributed by atoms with Crippen molar-refractivity contribution < 1.29 is 4.74 Å². The molecule has 6 heteroatoms. The monoisotopic (exact) mass is 303 g/mol. The van der Waals surface area contributed by atoms with Gasteiger partial charge >= 0.3 is 0 Å². The van der Waals surface area contributed by atoms with E-state index in [1.807, 2.05) is 22.9 Å². The highest BCUT2D eigenvalue weighted by Crippen LogP contribution is 2.18. The molecule has 0 radical (unpaired) electrons. The summed E-state index contributed by atoms with van der Waals surface area (Å²) >= 11 is 0.